The summed E-state index contributed by atoms with van der Waals surface area (Å²) in [7, 11) is 0. The minimum atomic E-state index is 0.766. The van der Waals surface area contributed by atoms with E-state index in [4.69, 9.17) is 5.73 Å². The third-order valence-electron chi connectivity index (χ3n) is 2.65. The van der Waals surface area contributed by atoms with E-state index < -0.39 is 0 Å². The second-order valence-electron chi connectivity index (χ2n) is 4.17. The lowest BCUT2D eigenvalue weighted by atomic mass is 10.1. The zero-order valence-corrected chi connectivity index (χ0v) is 11.5. The van der Waals surface area contributed by atoms with Gasteiger partial charge in [-0.1, -0.05) is 22.0 Å². The SMILES string of the molecule is Cc1cc(Br)cc(C)c1Nc1cccc(N)c1. The summed E-state index contributed by atoms with van der Waals surface area (Å²) >= 11 is 3.50. The van der Waals surface area contributed by atoms with Crippen LogP contribution in [0.2, 0.25) is 0 Å². The molecule has 0 saturated heterocycles. The maximum Gasteiger partial charge on any atom is 0.0444 e. The smallest absolute Gasteiger partial charge is 0.0444 e. The molecule has 0 radical (unpaired) electrons. The van der Waals surface area contributed by atoms with Crippen molar-refractivity contribution < 1.29 is 0 Å². The predicted octanol–water partition coefficient (Wildman–Crippen LogP) is 4.39. The van der Waals surface area contributed by atoms with Gasteiger partial charge in [-0.05, 0) is 55.3 Å². The number of aryl methyl sites for hydroxylation is 2. The van der Waals surface area contributed by atoms with Crippen LogP contribution in [0.5, 0.6) is 0 Å². The number of anilines is 3. The van der Waals surface area contributed by atoms with E-state index in [-0.39, 0.29) is 0 Å². The van der Waals surface area contributed by atoms with Crippen molar-refractivity contribution in [3.63, 3.8) is 0 Å². The summed E-state index contributed by atoms with van der Waals surface area (Å²) < 4.78 is 1.10. The molecule has 0 heterocycles. The Morgan fingerprint density at radius 1 is 1.06 bits per heavy atom. The van der Waals surface area contributed by atoms with Crippen LogP contribution >= 0.6 is 15.9 Å². The van der Waals surface area contributed by atoms with Crippen molar-refractivity contribution >= 4 is 33.0 Å². The zero-order valence-electron chi connectivity index (χ0n) is 9.92. The first-order chi connectivity index (χ1) is 8.06. The third-order valence-corrected chi connectivity index (χ3v) is 3.11. The minimum Gasteiger partial charge on any atom is -0.399 e. The van der Waals surface area contributed by atoms with Gasteiger partial charge in [0.05, 0.1) is 0 Å². The molecule has 2 nitrogen and oxygen atoms in total. The van der Waals surface area contributed by atoms with E-state index >= 15 is 0 Å². The van der Waals surface area contributed by atoms with Gasteiger partial charge in [0.2, 0.25) is 0 Å². The van der Waals surface area contributed by atoms with E-state index in [0.717, 1.165) is 21.5 Å². The Morgan fingerprint density at radius 3 is 2.29 bits per heavy atom. The van der Waals surface area contributed by atoms with Gasteiger partial charge in [0.15, 0.2) is 0 Å². The molecule has 3 N–H and O–H groups in total. The summed E-state index contributed by atoms with van der Waals surface area (Å²) in [5.41, 5.74) is 11.1. The first-order valence-corrected chi connectivity index (χ1v) is 6.25. The molecule has 0 aliphatic carbocycles. The molecule has 17 heavy (non-hydrogen) atoms. The monoisotopic (exact) mass is 290 g/mol. The number of benzene rings is 2. The molecule has 0 aliphatic heterocycles. The van der Waals surface area contributed by atoms with Crippen molar-refractivity contribution in [1.82, 2.24) is 0 Å². The van der Waals surface area contributed by atoms with Gasteiger partial charge in [0.1, 0.15) is 0 Å². The highest BCUT2D eigenvalue weighted by molar-refractivity contribution is 9.10. The molecule has 2 aromatic rings. The molecule has 0 atom stereocenters. The fourth-order valence-electron chi connectivity index (χ4n) is 1.87. The molecule has 2 rings (SSSR count). The molecule has 0 amide bonds. The largest absolute Gasteiger partial charge is 0.399 e. The van der Waals surface area contributed by atoms with Gasteiger partial charge in [-0.3, -0.25) is 0 Å². The molecule has 88 valence electrons. The van der Waals surface area contributed by atoms with Crippen molar-refractivity contribution in [2.75, 3.05) is 11.1 Å². The van der Waals surface area contributed by atoms with Crippen molar-refractivity contribution in [1.29, 1.82) is 0 Å². The summed E-state index contributed by atoms with van der Waals surface area (Å²) in [5, 5.41) is 3.41. The predicted molar refractivity (Wildman–Crippen MR) is 77.8 cm³/mol. The second kappa shape index (κ2) is 4.80. The fraction of sp³-hybridized carbons (Fsp3) is 0.143. The Hall–Kier alpha value is -1.48. The van der Waals surface area contributed by atoms with Crippen LogP contribution in [0.3, 0.4) is 0 Å². The number of nitrogen functional groups attached to an aromatic ring is 1. The topological polar surface area (TPSA) is 38.0 Å². The summed E-state index contributed by atoms with van der Waals surface area (Å²) in [6, 6.07) is 12.0. The minimum absolute atomic E-state index is 0.766. The second-order valence-corrected chi connectivity index (χ2v) is 5.08. The fourth-order valence-corrected chi connectivity index (χ4v) is 2.56. The van der Waals surface area contributed by atoms with Gasteiger partial charge < -0.3 is 11.1 Å². The van der Waals surface area contributed by atoms with Crippen molar-refractivity contribution in [2.24, 2.45) is 0 Å². The van der Waals surface area contributed by atoms with E-state index in [1.807, 2.05) is 24.3 Å². The standard InChI is InChI=1S/C14H15BrN2/c1-9-6-11(15)7-10(2)14(9)17-13-5-3-4-12(16)8-13/h3-8,17H,16H2,1-2H3. The highest BCUT2D eigenvalue weighted by Gasteiger charge is 2.04. The number of nitrogens with two attached hydrogens (primary N) is 1. The van der Waals surface area contributed by atoms with Crippen molar-refractivity contribution in [3.8, 4) is 0 Å². The van der Waals surface area contributed by atoms with E-state index in [9.17, 15) is 0 Å². The maximum absolute atomic E-state index is 5.76. The summed E-state index contributed by atoms with van der Waals surface area (Å²) in [4.78, 5) is 0. The van der Waals surface area contributed by atoms with Gasteiger partial charge in [0, 0.05) is 21.5 Å². The molecule has 0 bridgehead atoms. The van der Waals surface area contributed by atoms with E-state index in [2.05, 4.69) is 47.2 Å². The molecule has 0 aromatic heterocycles. The molecular formula is C14H15BrN2. The first-order valence-electron chi connectivity index (χ1n) is 5.45. The van der Waals surface area contributed by atoms with Gasteiger partial charge in [-0.2, -0.15) is 0 Å². The Kier molecular flexibility index (Phi) is 3.38. The van der Waals surface area contributed by atoms with Crippen LogP contribution in [-0.4, -0.2) is 0 Å². The number of nitrogens with one attached hydrogen (secondary N) is 1. The van der Waals surface area contributed by atoms with Gasteiger partial charge in [0.25, 0.3) is 0 Å². The first kappa shape index (κ1) is 12.0. The van der Waals surface area contributed by atoms with Crippen LogP contribution in [0.4, 0.5) is 17.1 Å². The average Bonchev–Trinajstić information content (AvgIpc) is 2.23. The van der Waals surface area contributed by atoms with E-state index in [1.54, 1.807) is 0 Å². The van der Waals surface area contributed by atoms with Crippen LogP contribution in [-0.2, 0) is 0 Å². The Morgan fingerprint density at radius 2 is 1.71 bits per heavy atom. The summed E-state index contributed by atoms with van der Waals surface area (Å²) in [5.74, 6) is 0. The molecule has 0 fully saturated rings. The van der Waals surface area contributed by atoms with Crippen LogP contribution in [0, 0.1) is 13.8 Å². The molecule has 3 heteroatoms. The number of halogens is 1. The number of hydrogen-bond donors (Lipinski definition) is 2. The summed E-state index contributed by atoms with van der Waals surface area (Å²) in [6.07, 6.45) is 0. The van der Waals surface area contributed by atoms with Gasteiger partial charge >= 0.3 is 0 Å². The number of rotatable bonds is 2. The zero-order chi connectivity index (χ0) is 12.4. The lowest BCUT2D eigenvalue weighted by Crippen LogP contribution is -1.97. The molecular weight excluding hydrogens is 276 g/mol. The van der Waals surface area contributed by atoms with Crippen LogP contribution in [0.15, 0.2) is 40.9 Å². The molecule has 0 aliphatic rings. The quantitative estimate of drug-likeness (QED) is 0.805. The Labute approximate surface area is 110 Å². The highest BCUT2D eigenvalue weighted by Crippen LogP contribution is 2.28. The third kappa shape index (κ3) is 2.80. The van der Waals surface area contributed by atoms with E-state index in [0.29, 0.717) is 0 Å². The molecule has 0 spiro atoms. The van der Waals surface area contributed by atoms with Crippen LogP contribution in [0.25, 0.3) is 0 Å². The Bertz CT molecular complexity index is 527. The molecule has 0 unspecified atom stereocenters. The van der Waals surface area contributed by atoms with Crippen molar-refractivity contribution in [2.45, 2.75) is 13.8 Å². The lowest BCUT2D eigenvalue weighted by molar-refractivity contribution is 1.34. The van der Waals surface area contributed by atoms with Gasteiger partial charge in [-0.25, -0.2) is 0 Å². The molecule has 2 aromatic carbocycles. The van der Waals surface area contributed by atoms with Crippen LogP contribution < -0.4 is 11.1 Å². The van der Waals surface area contributed by atoms with Crippen LogP contribution in [0.1, 0.15) is 11.1 Å². The Balaban J connectivity index is 2.36. The van der Waals surface area contributed by atoms with Gasteiger partial charge in [-0.15, -0.1) is 0 Å². The highest BCUT2D eigenvalue weighted by atomic mass is 79.9. The normalized spacial score (nSPS) is 10.3. The molecule has 0 saturated carbocycles. The maximum atomic E-state index is 5.76. The lowest BCUT2D eigenvalue weighted by Gasteiger charge is -2.13. The average molecular weight is 291 g/mol. The van der Waals surface area contributed by atoms with Crippen molar-refractivity contribution in [3.05, 3.63) is 52.0 Å². The number of hydrogen-bond acceptors (Lipinski definition) is 2. The van der Waals surface area contributed by atoms with E-state index in [1.165, 1.54) is 11.1 Å². The summed E-state index contributed by atoms with van der Waals surface area (Å²) in [6.45, 7) is 4.18.